The summed E-state index contributed by atoms with van der Waals surface area (Å²) in [5, 5.41) is 16.8. The molecule has 2 aromatic rings. The van der Waals surface area contributed by atoms with Crippen LogP contribution in [0.15, 0.2) is 23.5 Å². The number of rotatable bonds is 5. The number of nitrogens with zero attached hydrogens (tertiary/aromatic N) is 4. The lowest BCUT2D eigenvalue weighted by molar-refractivity contribution is -0.133. The number of carbonyl (C=O) groups is 1. The van der Waals surface area contributed by atoms with Crippen LogP contribution in [0.2, 0.25) is 0 Å². The Morgan fingerprint density at radius 1 is 1.53 bits per heavy atom. The van der Waals surface area contributed by atoms with E-state index >= 15 is 0 Å². The second-order valence-corrected chi connectivity index (χ2v) is 4.82. The molecule has 0 aromatic carbocycles. The van der Waals surface area contributed by atoms with Crippen LogP contribution in [0.3, 0.4) is 0 Å². The molecule has 3 N–H and O–H groups in total. The van der Waals surface area contributed by atoms with Crippen LogP contribution in [0, 0.1) is 6.92 Å². The molecule has 2 aromatic heterocycles. The molecular formula is C11H13N5O2S. The Kier molecular flexibility index (Phi) is 4.00. The van der Waals surface area contributed by atoms with Gasteiger partial charge in [-0.3, -0.25) is 14.3 Å². The van der Waals surface area contributed by atoms with E-state index in [1.54, 1.807) is 10.8 Å². The third kappa shape index (κ3) is 3.22. The molecule has 0 aliphatic carbocycles. The van der Waals surface area contributed by atoms with Gasteiger partial charge >= 0.3 is 5.97 Å². The number of carboxylic acid groups (broad SMARTS) is 1. The van der Waals surface area contributed by atoms with E-state index in [1.165, 1.54) is 0 Å². The molecule has 0 spiro atoms. The van der Waals surface area contributed by atoms with Gasteiger partial charge in [0.05, 0.1) is 18.0 Å². The van der Waals surface area contributed by atoms with Crippen molar-refractivity contribution in [1.29, 1.82) is 0 Å². The Morgan fingerprint density at radius 3 is 3.00 bits per heavy atom. The largest absolute Gasteiger partial charge is 0.481 e. The Balaban J connectivity index is 2.22. The summed E-state index contributed by atoms with van der Waals surface area (Å²) in [6.45, 7) is 2.38. The van der Waals surface area contributed by atoms with E-state index in [-0.39, 0.29) is 11.7 Å². The van der Waals surface area contributed by atoms with Crippen LogP contribution < -0.4 is 5.73 Å². The SMILES string of the molecule is Cc1cccnc1Cn1c(N)nnc1SCC(=O)O. The van der Waals surface area contributed by atoms with Crippen molar-refractivity contribution >= 4 is 23.7 Å². The molecule has 0 atom stereocenters. The zero-order valence-electron chi connectivity index (χ0n) is 10.3. The van der Waals surface area contributed by atoms with Gasteiger partial charge in [0.25, 0.3) is 0 Å². The van der Waals surface area contributed by atoms with Crippen LogP contribution in [0.5, 0.6) is 0 Å². The average Bonchev–Trinajstić information content (AvgIpc) is 2.71. The van der Waals surface area contributed by atoms with Gasteiger partial charge in [-0.1, -0.05) is 17.8 Å². The number of carboxylic acids is 1. The molecule has 7 nitrogen and oxygen atoms in total. The summed E-state index contributed by atoms with van der Waals surface area (Å²) in [5.41, 5.74) is 7.63. The van der Waals surface area contributed by atoms with Gasteiger partial charge in [0.2, 0.25) is 5.95 Å². The first-order valence-corrected chi connectivity index (χ1v) is 6.50. The first-order chi connectivity index (χ1) is 9.08. The fourth-order valence-corrected chi connectivity index (χ4v) is 2.18. The molecule has 19 heavy (non-hydrogen) atoms. The first kappa shape index (κ1) is 13.3. The van der Waals surface area contributed by atoms with Crippen molar-refractivity contribution in [2.24, 2.45) is 0 Å². The van der Waals surface area contributed by atoms with Crippen molar-refractivity contribution in [3.63, 3.8) is 0 Å². The molecular weight excluding hydrogens is 266 g/mol. The van der Waals surface area contributed by atoms with E-state index in [0.717, 1.165) is 23.0 Å². The lowest BCUT2D eigenvalue weighted by atomic mass is 10.2. The minimum Gasteiger partial charge on any atom is -0.481 e. The molecule has 0 fully saturated rings. The molecule has 2 rings (SSSR count). The highest BCUT2D eigenvalue weighted by Gasteiger charge is 2.13. The van der Waals surface area contributed by atoms with Gasteiger partial charge in [-0.2, -0.15) is 0 Å². The van der Waals surface area contributed by atoms with E-state index in [9.17, 15) is 4.79 Å². The minimum atomic E-state index is -0.910. The minimum absolute atomic E-state index is 0.0840. The van der Waals surface area contributed by atoms with Crippen molar-refractivity contribution in [1.82, 2.24) is 19.7 Å². The fraction of sp³-hybridized carbons (Fsp3) is 0.273. The van der Waals surface area contributed by atoms with Crippen molar-refractivity contribution in [3.8, 4) is 0 Å². The number of aryl methyl sites for hydroxylation is 1. The summed E-state index contributed by atoms with van der Waals surface area (Å²) < 4.78 is 1.66. The van der Waals surface area contributed by atoms with Gasteiger partial charge in [0.1, 0.15) is 0 Å². The van der Waals surface area contributed by atoms with Crippen molar-refractivity contribution in [2.45, 2.75) is 18.6 Å². The predicted molar refractivity (Wildman–Crippen MR) is 70.9 cm³/mol. The average molecular weight is 279 g/mol. The van der Waals surface area contributed by atoms with E-state index in [4.69, 9.17) is 10.8 Å². The molecule has 0 radical (unpaired) electrons. The smallest absolute Gasteiger partial charge is 0.313 e. The van der Waals surface area contributed by atoms with Crippen LogP contribution in [0.1, 0.15) is 11.3 Å². The van der Waals surface area contributed by atoms with Gasteiger partial charge < -0.3 is 10.8 Å². The second-order valence-electron chi connectivity index (χ2n) is 3.88. The molecule has 0 saturated carbocycles. The normalized spacial score (nSPS) is 10.6. The summed E-state index contributed by atoms with van der Waals surface area (Å²) in [4.78, 5) is 14.9. The first-order valence-electron chi connectivity index (χ1n) is 5.51. The Labute approximate surface area is 113 Å². The number of nitrogens with two attached hydrogens (primary N) is 1. The lowest BCUT2D eigenvalue weighted by Gasteiger charge is -2.08. The number of hydrogen-bond donors (Lipinski definition) is 2. The molecule has 2 heterocycles. The number of thioether (sulfide) groups is 1. The number of nitrogen functional groups attached to an aromatic ring is 1. The van der Waals surface area contributed by atoms with Crippen molar-refractivity contribution in [2.75, 3.05) is 11.5 Å². The maximum atomic E-state index is 10.6. The molecule has 0 unspecified atom stereocenters. The summed E-state index contributed by atoms with van der Waals surface area (Å²) >= 11 is 1.08. The van der Waals surface area contributed by atoms with E-state index in [1.807, 2.05) is 19.1 Å². The van der Waals surface area contributed by atoms with Crippen LogP contribution in [-0.2, 0) is 11.3 Å². The molecule has 0 amide bonds. The maximum absolute atomic E-state index is 10.6. The Hall–Kier alpha value is -2.09. The monoisotopic (exact) mass is 279 g/mol. The molecule has 100 valence electrons. The third-order valence-corrected chi connectivity index (χ3v) is 3.45. The van der Waals surface area contributed by atoms with E-state index < -0.39 is 5.97 Å². The Bertz CT molecular complexity index is 599. The molecule has 8 heteroatoms. The van der Waals surface area contributed by atoms with Crippen LogP contribution in [0.25, 0.3) is 0 Å². The maximum Gasteiger partial charge on any atom is 0.313 e. The summed E-state index contributed by atoms with van der Waals surface area (Å²) in [5.74, 6) is -0.746. The summed E-state index contributed by atoms with van der Waals surface area (Å²) in [6.07, 6.45) is 1.70. The van der Waals surface area contributed by atoms with Gasteiger partial charge in [-0.25, -0.2) is 0 Å². The fourth-order valence-electron chi connectivity index (χ4n) is 1.52. The van der Waals surface area contributed by atoms with E-state index in [2.05, 4.69) is 15.2 Å². The summed E-state index contributed by atoms with van der Waals surface area (Å²) in [6, 6.07) is 3.81. The number of aromatic nitrogens is 4. The van der Waals surface area contributed by atoms with Crippen LogP contribution >= 0.6 is 11.8 Å². The molecule has 0 bridgehead atoms. The lowest BCUT2D eigenvalue weighted by Crippen LogP contribution is -2.09. The number of aliphatic carboxylic acids is 1. The number of pyridine rings is 1. The van der Waals surface area contributed by atoms with Gasteiger partial charge in [0, 0.05) is 6.20 Å². The Morgan fingerprint density at radius 2 is 2.32 bits per heavy atom. The second kappa shape index (κ2) is 5.70. The van der Waals surface area contributed by atoms with Crippen molar-refractivity contribution in [3.05, 3.63) is 29.6 Å². The van der Waals surface area contributed by atoms with Gasteiger partial charge in [-0.05, 0) is 18.6 Å². The number of hydrogen-bond acceptors (Lipinski definition) is 6. The molecule has 0 aliphatic rings. The van der Waals surface area contributed by atoms with Gasteiger partial charge in [0.15, 0.2) is 5.16 Å². The highest BCUT2D eigenvalue weighted by atomic mass is 32.2. The molecule has 0 aliphatic heterocycles. The number of anilines is 1. The standard InChI is InChI=1S/C11H13N5O2S/c1-7-3-2-4-13-8(7)5-16-10(12)14-15-11(16)19-6-9(17)18/h2-4H,5-6H2,1H3,(H2,12,14)(H,17,18). The van der Waals surface area contributed by atoms with E-state index in [0.29, 0.717) is 11.7 Å². The zero-order valence-corrected chi connectivity index (χ0v) is 11.1. The summed E-state index contributed by atoms with van der Waals surface area (Å²) in [7, 11) is 0. The topological polar surface area (TPSA) is 107 Å². The zero-order chi connectivity index (χ0) is 13.8. The predicted octanol–water partition coefficient (Wildman–Crippen LogP) is 0.789. The highest BCUT2D eigenvalue weighted by molar-refractivity contribution is 7.99. The van der Waals surface area contributed by atoms with Crippen LogP contribution in [0.4, 0.5) is 5.95 Å². The van der Waals surface area contributed by atoms with Gasteiger partial charge in [-0.15, -0.1) is 10.2 Å². The van der Waals surface area contributed by atoms with Crippen molar-refractivity contribution < 1.29 is 9.90 Å². The highest BCUT2D eigenvalue weighted by Crippen LogP contribution is 2.19. The van der Waals surface area contributed by atoms with Crippen LogP contribution in [-0.4, -0.2) is 36.6 Å². The molecule has 0 saturated heterocycles. The quantitative estimate of drug-likeness (QED) is 0.779. The third-order valence-electron chi connectivity index (χ3n) is 2.50.